The number of ether oxygens (including phenoxy) is 1. The molecular formula is C22H30N6OSi. The van der Waals surface area contributed by atoms with Crippen LogP contribution < -0.4 is 0 Å². The van der Waals surface area contributed by atoms with Gasteiger partial charge in [-0.3, -0.25) is 4.40 Å². The molecule has 8 heteroatoms. The average Bonchev–Trinajstić information content (AvgIpc) is 3.38. The zero-order valence-electron chi connectivity index (χ0n) is 18.2. The van der Waals surface area contributed by atoms with Gasteiger partial charge in [0.2, 0.25) is 0 Å². The molecule has 3 aromatic rings. The Morgan fingerprint density at radius 1 is 1.30 bits per heavy atom. The van der Waals surface area contributed by atoms with Crippen LogP contribution in [0, 0.1) is 23.2 Å². The van der Waals surface area contributed by atoms with Crippen molar-refractivity contribution in [1.82, 2.24) is 24.1 Å². The van der Waals surface area contributed by atoms with Crippen LogP contribution >= 0.6 is 0 Å². The number of hydrogen-bond donors (Lipinski definition) is 0. The van der Waals surface area contributed by atoms with Gasteiger partial charge in [0.1, 0.15) is 12.6 Å². The van der Waals surface area contributed by atoms with Crippen molar-refractivity contribution in [3.05, 3.63) is 36.4 Å². The molecule has 3 unspecified atom stereocenters. The third-order valence-corrected chi connectivity index (χ3v) is 7.79. The van der Waals surface area contributed by atoms with Crippen LogP contribution in [0.15, 0.2) is 30.6 Å². The lowest BCUT2D eigenvalue weighted by Gasteiger charge is -2.16. The van der Waals surface area contributed by atoms with Crippen molar-refractivity contribution in [2.24, 2.45) is 11.8 Å². The first-order valence-corrected chi connectivity index (χ1v) is 14.4. The van der Waals surface area contributed by atoms with Gasteiger partial charge in [0.25, 0.3) is 0 Å². The summed E-state index contributed by atoms with van der Waals surface area (Å²) in [5.74, 6) is 2.21. The molecule has 1 fully saturated rings. The van der Waals surface area contributed by atoms with E-state index in [0.717, 1.165) is 48.1 Å². The first kappa shape index (κ1) is 20.8. The molecule has 0 N–H and O–H groups in total. The maximum atomic E-state index is 8.84. The summed E-state index contributed by atoms with van der Waals surface area (Å²) in [4.78, 5) is 4.63. The molecule has 7 nitrogen and oxygen atoms in total. The number of fused-ring (bicyclic) bond motifs is 3. The normalized spacial score (nSPS) is 22.4. The summed E-state index contributed by atoms with van der Waals surface area (Å²) in [6.07, 6.45) is 9.52. The maximum Gasteiger partial charge on any atom is 0.179 e. The van der Waals surface area contributed by atoms with E-state index in [4.69, 9.17) is 10.00 Å². The Hall–Kier alpha value is -2.50. The van der Waals surface area contributed by atoms with E-state index in [1.807, 2.05) is 12.3 Å². The predicted octanol–water partition coefficient (Wildman–Crippen LogP) is 4.60. The van der Waals surface area contributed by atoms with Gasteiger partial charge in [-0.2, -0.15) is 5.26 Å². The minimum Gasteiger partial charge on any atom is -0.361 e. The summed E-state index contributed by atoms with van der Waals surface area (Å²) in [6.45, 7) is 10.6. The highest BCUT2D eigenvalue weighted by Gasteiger charge is 2.34. The van der Waals surface area contributed by atoms with Gasteiger partial charge in [0, 0.05) is 32.9 Å². The van der Waals surface area contributed by atoms with Crippen LogP contribution in [0.25, 0.3) is 16.8 Å². The first-order chi connectivity index (χ1) is 14.4. The molecule has 0 saturated heterocycles. The Morgan fingerprint density at radius 3 is 2.90 bits per heavy atom. The largest absolute Gasteiger partial charge is 0.361 e. The molecule has 0 spiro atoms. The molecule has 0 bridgehead atoms. The summed E-state index contributed by atoms with van der Waals surface area (Å²) in [5.41, 5.74) is 2.69. The Labute approximate surface area is 178 Å². The second-order valence-electron chi connectivity index (χ2n) is 9.66. The number of allylic oxidation sites excluding steroid dienone is 2. The Morgan fingerprint density at radius 2 is 2.13 bits per heavy atom. The van der Waals surface area contributed by atoms with Crippen LogP contribution in [0.1, 0.15) is 31.5 Å². The van der Waals surface area contributed by atoms with Crippen LogP contribution in [-0.2, 0) is 11.5 Å². The van der Waals surface area contributed by atoms with Gasteiger partial charge in [-0.1, -0.05) is 32.6 Å². The summed E-state index contributed by atoms with van der Waals surface area (Å²) >= 11 is 0. The molecule has 0 amide bonds. The van der Waals surface area contributed by atoms with Crippen LogP contribution in [0.4, 0.5) is 0 Å². The molecule has 3 atom stereocenters. The average molecular weight is 423 g/mol. The summed E-state index contributed by atoms with van der Waals surface area (Å²) in [7, 11) is -1.10. The van der Waals surface area contributed by atoms with E-state index in [-0.39, 0.29) is 0 Å². The summed E-state index contributed by atoms with van der Waals surface area (Å²) in [5, 5.41) is 17.8. The summed E-state index contributed by atoms with van der Waals surface area (Å²) in [6, 6.07) is 5.34. The van der Waals surface area contributed by atoms with E-state index in [0.29, 0.717) is 24.5 Å². The molecule has 0 aliphatic heterocycles. The lowest BCUT2D eigenvalue weighted by Crippen LogP contribution is -2.22. The molecule has 158 valence electrons. The maximum absolute atomic E-state index is 8.84. The molecule has 3 heterocycles. The van der Waals surface area contributed by atoms with E-state index in [2.05, 4.69) is 62.8 Å². The zero-order valence-corrected chi connectivity index (χ0v) is 19.2. The second kappa shape index (κ2) is 8.32. The molecule has 0 aromatic carbocycles. The number of aromatic nitrogens is 5. The van der Waals surface area contributed by atoms with Gasteiger partial charge in [0.05, 0.1) is 17.8 Å². The van der Waals surface area contributed by atoms with Crippen molar-refractivity contribution < 1.29 is 4.74 Å². The minimum absolute atomic E-state index is 0.315. The van der Waals surface area contributed by atoms with E-state index in [1.165, 1.54) is 0 Å². The Bertz CT molecular complexity index is 1100. The predicted molar refractivity (Wildman–Crippen MR) is 120 cm³/mol. The fraction of sp³-hybridized carbons (Fsp3) is 0.545. The van der Waals surface area contributed by atoms with Gasteiger partial charge in [-0.25, -0.2) is 4.98 Å². The first-order valence-electron chi connectivity index (χ1n) is 10.7. The van der Waals surface area contributed by atoms with Gasteiger partial charge in [0.15, 0.2) is 11.3 Å². The SMILES string of the molecule is CC1CC(/C=C/C#N)CC1c1nnc2cnc3c(ccn3COCC[Si](C)(C)C)n12. The van der Waals surface area contributed by atoms with Crippen molar-refractivity contribution in [3.8, 4) is 6.07 Å². The van der Waals surface area contributed by atoms with Gasteiger partial charge < -0.3 is 9.30 Å². The third kappa shape index (κ3) is 4.18. The van der Waals surface area contributed by atoms with E-state index in [1.54, 1.807) is 12.3 Å². The van der Waals surface area contributed by atoms with E-state index >= 15 is 0 Å². The van der Waals surface area contributed by atoms with Gasteiger partial charge in [-0.05, 0) is 36.8 Å². The molecule has 1 aliphatic rings. The highest BCUT2D eigenvalue weighted by Crippen LogP contribution is 2.43. The standard InChI is InChI=1S/C22H30N6OSi/c1-16-12-17(6-5-8-23)13-18(16)21-26-25-20-14-24-22-19(28(20)21)7-9-27(22)15-29-10-11-30(2,3)4/h5-7,9,14,16-18H,10-13,15H2,1-4H3/b6-5+. The Kier molecular flexibility index (Phi) is 5.76. The monoisotopic (exact) mass is 422 g/mol. The third-order valence-electron chi connectivity index (χ3n) is 6.09. The fourth-order valence-electron chi connectivity index (χ4n) is 4.40. The number of hydrogen-bond acceptors (Lipinski definition) is 5. The molecule has 4 rings (SSSR count). The molecule has 0 radical (unpaired) electrons. The lowest BCUT2D eigenvalue weighted by molar-refractivity contribution is 0.0899. The van der Waals surface area contributed by atoms with Crippen LogP contribution in [0.3, 0.4) is 0 Å². The number of rotatable bonds is 7. The fourth-order valence-corrected chi connectivity index (χ4v) is 5.16. The molecule has 3 aromatic heterocycles. The molecule has 1 aliphatic carbocycles. The number of nitriles is 1. The quantitative estimate of drug-likeness (QED) is 0.316. The highest BCUT2D eigenvalue weighted by molar-refractivity contribution is 6.76. The molecular weight excluding hydrogens is 392 g/mol. The van der Waals surface area contributed by atoms with Gasteiger partial charge in [-0.15, -0.1) is 10.2 Å². The summed E-state index contributed by atoms with van der Waals surface area (Å²) < 4.78 is 10.1. The van der Waals surface area contributed by atoms with Crippen LogP contribution in [0.5, 0.6) is 0 Å². The lowest BCUT2D eigenvalue weighted by atomic mass is 9.97. The van der Waals surface area contributed by atoms with Crippen LogP contribution in [-0.4, -0.2) is 38.8 Å². The minimum atomic E-state index is -1.10. The van der Waals surface area contributed by atoms with Crippen molar-refractivity contribution in [2.45, 2.75) is 58.1 Å². The zero-order chi connectivity index (χ0) is 21.3. The van der Waals surface area contributed by atoms with Gasteiger partial charge >= 0.3 is 0 Å². The number of nitrogens with zero attached hydrogens (tertiary/aromatic N) is 6. The topological polar surface area (TPSA) is 81.0 Å². The van der Waals surface area contributed by atoms with E-state index in [9.17, 15) is 0 Å². The van der Waals surface area contributed by atoms with Crippen molar-refractivity contribution in [2.75, 3.05) is 6.61 Å². The highest BCUT2D eigenvalue weighted by atomic mass is 28.3. The smallest absolute Gasteiger partial charge is 0.179 e. The molecule has 30 heavy (non-hydrogen) atoms. The van der Waals surface area contributed by atoms with Crippen LogP contribution in [0.2, 0.25) is 25.7 Å². The van der Waals surface area contributed by atoms with E-state index < -0.39 is 8.07 Å². The van der Waals surface area contributed by atoms with Crippen molar-refractivity contribution in [3.63, 3.8) is 0 Å². The molecule has 1 saturated carbocycles. The Balaban J connectivity index is 1.60. The van der Waals surface area contributed by atoms with Crippen molar-refractivity contribution in [1.29, 1.82) is 5.26 Å². The second-order valence-corrected chi connectivity index (χ2v) is 15.3. The van der Waals surface area contributed by atoms with Crippen molar-refractivity contribution >= 4 is 24.9 Å².